The smallest absolute Gasteiger partial charge is 0.406 e. The van der Waals surface area contributed by atoms with Crippen LogP contribution in [0.5, 0.6) is 5.75 Å². The molecule has 2 atom stereocenters. The minimum absolute atomic E-state index is 0.0336. The van der Waals surface area contributed by atoms with Crippen LogP contribution in [-0.2, 0) is 14.4 Å². The van der Waals surface area contributed by atoms with E-state index < -0.39 is 23.5 Å². The molecule has 1 aliphatic rings. The minimum Gasteiger partial charge on any atom is -0.406 e. The summed E-state index contributed by atoms with van der Waals surface area (Å²) in [6, 6.07) is 4.36. The van der Waals surface area contributed by atoms with Gasteiger partial charge in [-0.05, 0) is 24.3 Å². The molecule has 1 saturated heterocycles. The van der Waals surface area contributed by atoms with Crippen molar-refractivity contribution >= 4 is 35.2 Å². The summed E-state index contributed by atoms with van der Waals surface area (Å²) in [5.41, 5.74) is -0.260. The van der Waals surface area contributed by atoms with Crippen molar-refractivity contribution in [1.29, 1.82) is 0 Å². The number of hydrogen-bond donors (Lipinski definition) is 4. The first-order chi connectivity index (χ1) is 14.1. The molecule has 2 rings (SSSR count). The number of benzene rings is 1. The molecule has 0 aliphatic carbocycles. The van der Waals surface area contributed by atoms with Crippen molar-refractivity contribution < 1.29 is 32.3 Å². The zero-order valence-corrected chi connectivity index (χ0v) is 16.6. The molecule has 1 aromatic carbocycles. The molecule has 0 radical (unpaired) electrons. The molecule has 8 nitrogen and oxygen atoms in total. The van der Waals surface area contributed by atoms with Crippen LogP contribution >= 0.6 is 11.8 Å². The first kappa shape index (κ1) is 23.5. The van der Waals surface area contributed by atoms with Gasteiger partial charge in [-0.25, -0.2) is 0 Å². The summed E-state index contributed by atoms with van der Waals surface area (Å²) in [6.45, 7) is 3.84. The van der Waals surface area contributed by atoms with Crippen molar-refractivity contribution in [3.8, 4) is 5.75 Å². The molecule has 0 spiro atoms. The Balaban J connectivity index is 1.78. The van der Waals surface area contributed by atoms with Crippen LogP contribution in [0.1, 0.15) is 12.8 Å². The van der Waals surface area contributed by atoms with Gasteiger partial charge in [-0.3, -0.25) is 19.7 Å². The molecule has 30 heavy (non-hydrogen) atoms. The standard InChI is InChI=1S/C18H21F3N4O4S/c1-2-7-22-14(26)8-12-9-15(27)25-17(24-12)30-10-16(28)23-11-3-5-13(6-4-11)29-18(19,20)21/h2-6,12,17,24H,1,7-10H2,(H,22,26)(H,23,28)(H,25,27). The number of halogens is 3. The molecule has 0 saturated carbocycles. The van der Waals surface area contributed by atoms with Crippen molar-refractivity contribution in [1.82, 2.24) is 16.0 Å². The van der Waals surface area contributed by atoms with Crippen molar-refractivity contribution in [2.75, 3.05) is 17.6 Å². The van der Waals surface area contributed by atoms with Crippen LogP contribution in [0.3, 0.4) is 0 Å². The molecule has 4 N–H and O–H groups in total. The maximum Gasteiger partial charge on any atom is 0.573 e. The number of carbonyl (C=O) groups is 3. The highest BCUT2D eigenvalue weighted by Gasteiger charge is 2.31. The molecule has 0 aromatic heterocycles. The van der Waals surface area contributed by atoms with E-state index in [0.29, 0.717) is 12.2 Å². The molecule has 1 fully saturated rings. The van der Waals surface area contributed by atoms with E-state index >= 15 is 0 Å². The summed E-state index contributed by atoms with van der Waals surface area (Å²) in [7, 11) is 0. The Morgan fingerprint density at radius 3 is 2.60 bits per heavy atom. The van der Waals surface area contributed by atoms with Crippen LogP contribution in [0, 0.1) is 0 Å². The SMILES string of the molecule is C=CCNC(=O)CC1CC(=O)NC(SCC(=O)Nc2ccc(OC(F)(F)F)cc2)N1. The second-order valence-electron chi connectivity index (χ2n) is 6.24. The third-order valence-electron chi connectivity index (χ3n) is 3.74. The fourth-order valence-electron chi connectivity index (χ4n) is 2.54. The number of anilines is 1. The molecule has 12 heteroatoms. The summed E-state index contributed by atoms with van der Waals surface area (Å²) in [4.78, 5) is 35.7. The van der Waals surface area contributed by atoms with Crippen molar-refractivity contribution in [2.24, 2.45) is 0 Å². The number of amides is 3. The van der Waals surface area contributed by atoms with E-state index in [0.717, 1.165) is 23.9 Å². The lowest BCUT2D eigenvalue weighted by atomic mass is 10.1. The van der Waals surface area contributed by atoms with Gasteiger partial charge in [0.15, 0.2) is 0 Å². The maximum absolute atomic E-state index is 12.2. The van der Waals surface area contributed by atoms with Crippen LogP contribution in [0.15, 0.2) is 36.9 Å². The van der Waals surface area contributed by atoms with E-state index in [1.807, 2.05) is 0 Å². The summed E-state index contributed by atoms with van der Waals surface area (Å²) >= 11 is 1.11. The highest BCUT2D eigenvalue weighted by Crippen LogP contribution is 2.24. The summed E-state index contributed by atoms with van der Waals surface area (Å²) in [6.07, 6.45) is -3.00. The van der Waals surface area contributed by atoms with Crippen molar-refractivity contribution in [2.45, 2.75) is 30.7 Å². The Bertz CT molecular complexity index is 774. The third-order valence-corrected chi connectivity index (χ3v) is 4.76. The van der Waals surface area contributed by atoms with Gasteiger partial charge in [0.1, 0.15) is 11.2 Å². The number of rotatable bonds is 9. The van der Waals surface area contributed by atoms with Gasteiger partial charge in [0.25, 0.3) is 0 Å². The summed E-state index contributed by atoms with van der Waals surface area (Å²) in [5, 5.41) is 10.9. The molecule has 164 valence electrons. The molecule has 1 aromatic rings. The van der Waals surface area contributed by atoms with Crippen LogP contribution < -0.4 is 26.0 Å². The van der Waals surface area contributed by atoms with E-state index in [9.17, 15) is 27.6 Å². The van der Waals surface area contributed by atoms with Gasteiger partial charge in [0.05, 0.1) is 5.75 Å². The van der Waals surface area contributed by atoms with E-state index in [1.54, 1.807) is 6.08 Å². The molecular weight excluding hydrogens is 425 g/mol. The van der Waals surface area contributed by atoms with Gasteiger partial charge in [-0.15, -0.1) is 31.5 Å². The molecule has 1 heterocycles. The quantitative estimate of drug-likeness (QED) is 0.430. The van der Waals surface area contributed by atoms with Crippen LogP contribution in [-0.4, -0.2) is 47.9 Å². The van der Waals surface area contributed by atoms with Crippen molar-refractivity contribution in [3.63, 3.8) is 0 Å². The number of carbonyl (C=O) groups excluding carboxylic acids is 3. The van der Waals surface area contributed by atoms with Gasteiger partial charge in [0, 0.05) is 31.1 Å². The molecule has 2 unspecified atom stereocenters. The second kappa shape index (κ2) is 10.9. The average molecular weight is 446 g/mol. The van der Waals surface area contributed by atoms with E-state index in [4.69, 9.17) is 0 Å². The largest absolute Gasteiger partial charge is 0.573 e. The van der Waals surface area contributed by atoms with Crippen LogP contribution in [0.2, 0.25) is 0 Å². The topological polar surface area (TPSA) is 109 Å². The average Bonchev–Trinajstić information content (AvgIpc) is 2.65. The monoisotopic (exact) mass is 446 g/mol. The highest BCUT2D eigenvalue weighted by molar-refractivity contribution is 8.00. The number of hydrogen-bond acceptors (Lipinski definition) is 6. The second-order valence-corrected chi connectivity index (χ2v) is 7.34. The Morgan fingerprint density at radius 2 is 1.97 bits per heavy atom. The molecule has 1 aliphatic heterocycles. The van der Waals surface area contributed by atoms with E-state index in [-0.39, 0.29) is 36.5 Å². The first-order valence-electron chi connectivity index (χ1n) is 8.85. The predicted molar refractivity (Wildman–Crippen MR) is 106 cm³/mol. The lowest BCUT2D eigenvalue weighted by Gasteiger charge is -2.30. The zero-order chi connectivity index (χ0) is 22.1. The van der Waals surface area contributed by atoms with E-state index in [1.165, 1.54) is 12.1 Å². The Hall–Kier alpha value is -2.73. The van der Waals surface area contributed by atoms with Gasteiger partial charge in [0.2, 0.25) is 17.7 Å². The van der Waals surface area contributed by atoms with Gasteiger partial charge in [-0.2, -0.15) is 0 Å². The van der Waals surface area contributed by atoms with Crippen molar-refractivity contribution in [3.05, 3.63) is 36.9 Å². The fourth-order valence-corrected chi connectivity index (χ4v) is 3.44. The van der Waals surface area contributed by atoms with Crippen LogP contribution in [0.4, 0.5) is 18.9 Å². The Kier molecular flexibility index (Phi) is 8.54. The lowest BCUT2D eigenvalue weighted by Crippen LogP contribution is -2.56. The van der Waals surface area contributed by atoms with Gasteiger partial charge in [-0.1, -0.05) is 6.08 Å². The Labute approximate surface area is 175 Å². The third kappa shape index (κ3) is 8.74. The summed E-state index contributed by atoms with van der Waals surface area (Å²) < 4.78 is 40.2. The van der Waals surface area contributed by atoms with E-state index in [2.05, 4.69) is 32.6 Å². The number of nitrogens with one attached hydrogen (secondary N) is 4. The first-order valence-corrected chi connectivity index (χ1v) is 9.90. The minimum atomic E-state index is -4.79. The fraction of sp³-hybridized carbons (Fsp3) is 0.389. The molecule has 0 bridgehead atoms. The van der Waals surface area contributed by atoms with Gasteiger partial charge >= 0.3 is 6.36 Å². The number of alkyl halides is 3. The lowest BCUT2D eigenvalue weighted by molar-refractivity contribution is -0.274. The molecule has 3 amide bonds. The predicted octanol–water partition coefficient (Wildman–Crippen LogP) is 1.71. The highest BCUT2D eigenvalue weighted by atomic mass is 32.2. The Morgan fingerprint density at radius 1 is 1.27 bits per heavy atom. The van der Waals surface area contributed by atoms with Gasteiger partial charge < -0.3 is 20.7 Å². The van der Waals surface area contributed by atoms with Crippen LogP contribution in [0.25, 0.3) is 0 Å². The zero-order valence-electron chi connectivity index (χ0n) is 15.8. The normalized spacial score (nSPS) is 18.8. The maximum atomic E-state index is 12.2. The molecular formula is C18H21F3N4O4S. The number of ether oxygens (including phenoxy) is 1. The number of thioether (sulfide) groups is 1. The summed E-state index contributed by atoms with van der Waals surface area (Å²) in [5.74, 6) is -1.30.